The highest BCUT2D eigenvalue weighted by Gasteiger charge is 2.44. The van der Waals surface area contributed by atoms with Gasteiger partial charge in [-0.3, -0.25) is 9.59 Å². The van der Waals surface area contributed by atoms with Crippen LogP contribution < -0.4 is 0 Å². The van der Waals surface area contributed by atoms with Gasteiger partial charge in [-0.1, -0.05) is 6.92 Å². The van der Waals surface area contributed by atoms with Gasteiger partial charge < -0.3 is 9.80 Å². The summed E-state index contributed by atoms with van der Waals surface area (Å²) >= 11 is 1.55. The molecule has 0 saturated carbocycles. The van der Waals surface area contributed by atoms with Crippen LogP contribution in [0.2, 0.25) is 0 Å². The lowest BCUT2D eigenvalue weighted by atomic mass is 10.1. The summed E-state index contributed by atoms with van der Waals surface area (Å²) in [6, 6.07) is -0.283. The molecular formula is C13H17N3O2S. The van der Waals surface area contributed by atoms with E-state index in [0.29, 0.717) is 0 Å². The zero-order chi connectivity index (χ0) is 13.4. The van der Waals surface area contributed by atoms with Gasteiger partial charge in [0.2, 0.25) is 11.8 Å². The Morgan fingerprint density at radius 1 is 1.53 bits per heavy atom. The van der Waals surface area contributed by atoms with E-state index in [0.717, 1.165) is 30.8 Å². The summed E-state index contributed by atoms with van der Waals surface area (Å²) in [5, 5.41) is 2.84. The highest BCUT2D eigenvalue weighted by Crippen LogP contribution is 2.32. The topological polar surface area (TPSA) is 53.5 Å². The molecule has 2 unspecified atom stereocenters. The minimum atomic E-state index is -0.227. The first-order valence-corrected chi connectivity index (χ1v) is 7.59. The Balaban J connectivity index is 1.87. The highest BCUT2D eigenvalue weighted by atomic mass is 32.1. The summed E-state index contributed by atoms with van der Waals surface area (Å²) in [4.78, 5) is 32.5. The molecular weight excluding hydrogens is 262 g/mol. The van der Waals surface area contributed by atoms with E-state index in [1.165, 1.54) is 0 Å². The lowest BCUT2D eigenvalue weighted by Gasteiger charge is -2.39. The lowest BCUT2D eigenvalue weighted by Crippen LogP contribution is -2.58. The van der Waals surface area contributed by atoms with Crippen molar-refractivity contribution in [2.45, 2.75) is 38.3 Å². The van der Waals surface area contributed by atoms with Gasteiger partial charge in [0.25, 0.3) is 0 Å². The zero-order valence-electron chi connectivity index (χ0n) is 10.9. The summed E-state index contributed by atoms with van der Waals surface area (Å²) in [5.74, 6) is 0.177. The number of amides is 2. The minimum absolute atomic E-state index is 0.0563. The maximum atomic E-state index is 12.6. The molecule has 3 heterocycles. The van der Waals surface area contributed by atoms with Gasteiger partial charge in [-0.2, -0.15) is 0 Å². The van der Waals surface area contributed by atoms with Gasteiger partial charge in [0.05, 0.1) is 6.04 Å². The Labute approximate surface area is 116 Å². The normalized spacial score (nSPS) is 24.8. The molecule has 2 aliphatic rings. The van der Waals surface area contributed by atoms with Gasteiger partial charge in [0.1, 0.15) is 17.6 Å². The molecule has 19 heavy (non-hydrogen) atoms. The summed E-state index contributed by atoms with van der Waals surface area (Å²) in [6.07, 6.45) is 4.28. The zero-order valence-corrected chi connectivity index (χ0v) is 11.7. The standard InChI is InChI=1S/C13H17N3O2S/c1-2-9(12-14-5-7-19-12)16-8-11(17)15-6-3-4-10(15)13(16)18/h5,7,9-10H,2-4,6,8H2,1H3. The van der Waals surface area contributed by atoms with E-state index in [4.69, 9.17) is 0 Å². The van der Waals surface area contributed by atoms with E-state index in [-0.39, 0.29) is 30.4 Å². The Kier molecular flexibility index (Phi) is 3.26. The average molecular weight is 279 g/mol. The molecule has 1 aromatic rings. The second-order valence-corrected chi connectivity index (χ2v) is 5.93. The largest absolute Gasteiger partial charge is 0.329 e. The number of aromatic nitrogens is 1. The SMILES string of the molecule is CCC(c1nccs1)N1CC(=O)N2CCCC2C1=O. The number of nitrogens with zero attached hydrogens (tertiary/aromatic N) is 3. The van der Waals surface area contributed by atoms with Gasteiger partial charge in [-0.15, -0.1) is 11.3 Å². The summed E-state index contributed by atoms with van der Waals surface area (Å²) in [6.45, 7) is 2.97. The molecule has 0 radical (unpaired) electrons. The average Bonchev–Trinajstić information content (AvgIpc) is 3.07. The van der Waals surface area contributed by atoms with Crippen LogP contribution in [0.15, 0.2) is 11.6 Å². The van der Waals surface area contributed by atoms with Crippen molar-refractivity contribution in [3.8, 4) is 0 Å². The first-order chi connectivity index (χ1) is 9.22. The van der Waals surface area contributed by atoms with Crippen molar-refractivity contribution in [2.24, 2.45) is 0 Å². The van der Waals surface area contributed by atoms with Crippen molar-refractivity contribution < 1.29 is 9.59 Å². The second-order valence-electron chi connectivity index (χ2n) is 5.01. The van der Waals surface area contributed by atoms with Crippen LogP contribution in [0.1, 0.15) is 37.2 Å². The fourth-order valence-electron chi connectivity index (χ4n) is 3.02. The third-order valence-electron chi connectivity index (χ3n) is 3.95. The molecule has 0 N–H and O–H groups in total. The van der Waals surface area contributed by atoms with Crippen molar-refractivity contribution in [3.63, 3.8) is 0 Å². The van der Waals surface area contributed by atoms with E-state index in [2.05, 4.69) is 4.98 Å². The van der Waals surface area contributed by atoms with Crippen LogP contribution in [0.5, 0.6) is 0 Å². The van der Waals surface area contributed by atoms with E-state index in [1.54, 1.807) is 27.3 Å². The molecule has 2 fully saturated rings. The smallest absolute Gasteiger partial charge is 0.246 e. The number of hydrogen-bond acceptors (Lipinski definition) is 4. The molecule has 102 valence electrons. The first-order valence-electron chi connectivity index (χ1n) is 6.71. The predicted octanol–water partition coefficient (Wildman–Crippen LogP) is 1.43. The number of fused-ring (bicyclic) bond motifs is 1. The van der Waals surface area contributed by atoms with E-state index in [9.17, 15) is 9.59 Å². The van der Waals surface area contributed by atoms with Crippen molar-refractivity contribution in [2.75, 3.05) is 13.1 Å². The summed E-state index contributed by atoms with van der Waals surface area (Å²) in [5.41, 5.74) is 0. The van der Waals surface area contributed by atoms with E-state index in [1.807, 2.05) is 12.3 Å². The molecule has 0 aliphatic carbocycles. The molecule has 6 heteroatoms. The summed E-state index contributed by atoms with van der Waals surface area (Å²) < 4.78 is 0. The Bertz CT molecular complexity index is 488. The molecule has 5 nitrogen and oxygen atoms in total. The number of hydrogen-bond donors (Lipinski definition) is 0. The van der Waals surface area contributed by atoms with Crippen LogP contribution >= 0.6 is 11.3 Å². The van der Waals surface area contributed by atoms with Crippen LogP contribution in [0.4, 0.5) is 0 Å². The monoisotopic (exact) mass is 279 g/mol. The van der Waals surface area contributed by atoms with Crippen LogP contribution in [0.25, 0.3) is 0 Å². The van der Waals surface area contributed by atoms with Crippen LogP contribution in [-0.4, -0.2) is 45.7 Å². The fraction of sp³-hybridized carbons (Fsp3) is 0.615. The van der Waals surface area contributed by atoms with E-state index < -0.39 is 0 Å². The molecule has 1 aromatic heterocycles. The van der Waals surface area contributed by atoms with Crippen LogP contribution in [0, 0.1) is 0 Å². The third-order valence-corrected chi connectivity index (χ3v) is 4.82. The molecule has 3 rings (SSSR count). The molecule has 0 spiro atoms. The van der Waals surface area contributed by atoms with Gasteiger partial charge in [0, 0.05) is 18.1 Å². The van der Waals surface area contributed by atoms with Crippen LogP contribution in [0.3, 0.4) is 0 Å². The van der Waals surface area contributed by atoms with Gasteiger partial charge in [0.15, 0.2) is 0 Å². The minimum Gasteiger partial charge on any atom is -0.329 e. The molecule has 0 bridgehead atoms. The number of thiazole rings is 1. The number of piperazine rings is 1. The lowest BCUT2D eigenvalue weighted by molar-refractivity contribution is -0.156. The van der Waals surface area contributed by atoms with Gasteiger partial charge in [-0.25, -0.2) is 4.98 Å². The van der Waals surface area contributed by atoms with E-state index >= 15 is 0 Å². The first kappa shape index (κ1) is 12.6. The molecule has 2 saturated heterocycles. The summed E-state index contributed by atoms with van der Waals surface area (Å²) in [7, 11) is 0. The molecule has 2 atom stereocenters. The number of carbonyl (C=O) groups is 2. The van der Waals surface area contributed by atoms with Crippen molar-refractivity contribution >= 4 is 23.2 Å². The Morgan fingerprint density at radius 2 is 2.37 bits per heavy atom. The number of carbonyl (C=O) groups excluding carboxylic acids is 2. The quantitative estimate of drug-likeness (QED) is 0.841. The highest BCUT2D eigenvalue weighted by molar-refractivity contribution is 7.09. The Hall–Kier alpha value is -1.43. The maximum Gasteiger partial charge on any atom is 0.246 e. The molecule has 0 aromatic carbocycles. The van der Waals surface area contributed by atoms with Gasteiger partial charge in [-0.05, 0) is 19.3 Å². The van der Waals surface area contributed by atoms with Crippen LogP contribution in [-0.2, 0) is 9.59 Å². The Morgan fingerprint density at radius 3 is 3.05 bits per heavy atom. The molecule has 2 amide bonds. The van der Waals surface area contributed by atoms with Gasteiger partial charge >= 0.3 is 0 Å². The van der Waals surface area contributed by atoms with Crippen molar-refractivity contribution in [3.05, 3.63) is 16.6 Å². The maximum absolute atomic E-state index is 12.6. The second kappa shape index (κ2) is 4.92. The molecule has 2 aliphatic heterocycles. The fourth-order valence-corrected chi connectivity index (χ4v) is 3.85. The van der Waals surface area contributed by atoms with Crippen molar-refractivity contribution in [1.29, 1.82) is 0 Å². The van der Waals surface area contributed by atoms with Crippen molar-refractivity contribution in [1.82, 2.24) is 14.8 Å². The third kappa shape index (κ3) is 2.04. The number of rotatable bonds is 3. The predicted molar refractivity (Wildman–Crippen MR) is 71.6 cm³/mol.